The topological polar surface area (TPSA) is 80.9 Å². The fourth-order valence-corrected chi connectivity index (χ4v) is 3.49. The number of methoxy groups -OCH3 is 2. The van der Waals surface area contributed by atoms with Crippen molar-refractivity contribution in [3.63, 3.8) is 0 Å². The second-order valence-corrected chi connectivity index (χ2v) is 6.80. The Labute approximate surface area is 174 Å². The third kappa shape index (κ3) is 3.55. The quantitative estimate of drug-likeness (QED) is 0.498. The van der Waals surface area contributed by atoms with Crippen molar-refractivity contribution in [2.24, 2.45) is 0 Å². The molecule has 1 N–H and O–H groups in total. The molecule has 7 heteroatoms. The monoisotopic (exact) mass is 405 g/mol. The van der Waals surface area contributed by atoms with E-state index in [2.05, 4.69) is 9.97 Å². The molecule has 0 amide bonds. The van der Waals surface area contributed by atoms with Gasteiger partial charge in [0.15, 0.2) is 0 Å². The van der Waals surface area contributed by atoms with E-state index in [-0.39, 0.29) is 6.61 Å². The van der Waals surface area contributed by atoms with Crippen LogP contribution >= 0.6 is 0 Å². The predicted molar refractivity (Wildman–Crippen MR) is 116 cm³/mol. The minimum Gasteiger partial charge on any atom is -0.497 e. The number of nitrogens with zero attached hydrogens (tertiary/aromatic N) is 3. The molecule has 2 aromatic heterocycles. The van der Waals surface area contributed by atoms with Crippen LogP contribution in [0.3, 0.4) is 0 Å². The Morgan fingerprint density at radius 2 is 1.67 bits per heavy atom. The van der Waals surface area contributed by atoms with E-state index in [1.165, 1.54) is 6.33 Å². The van der Waals surface area contributed by atoms with Crippen LogP contribution in [0.2, 0.25) is 0 Å². The largest absolute Gasteiger partial charge is 0.497 e. The van der Waals surface area contributed by atoms with Crippen molar-refractivity contribution in [3.05, 3.63) is 54.9 Å². The molecule has 154 valence electrons. The number of ether oxygens (including phenoxy) is 2. The average molecular weight is 405 g/mol. The molecule has 0 atom stereocenters. The molecular formula is C23H23N3O4. The minimum atomic E-state index is 0.0143. The van der Waals surface area contributed by atoms with Gasteiger partial charge in [-0.15, -0.1) is 0 Å². The fraction of sp³-hybridized carbons (Fsp3) is 0.217. The Morgan fingerprint density at radius 1 is 0.967 bits per heavy atom. The maximum atomic E-state index is 9.42. The minimum absolute atomic E-state index is 0.0143. The second kappa shape index (κ2) is 8.42. The van der Waals surface area contributed by atoms with Gasteiger partial charge < -0.3 is 23.9 Å². The van der Waals surface area contributed by atoms with Gasteiger partial charge in [0.2, 0.25) is 5.71 Å². The first-order chi connectivity index (χ1) is 14.7. The highest BCUT2D eigenvalue weighted by Crippen LogP contribution is 2.44. The number of hydrogen-bond donors (Lipinski definition) is 1. The molecule has 2 heterocycles. The Morgan fingerprint density at radius 3 is 2.30 bits per heavy atom. The van der Waals surface area contributed by atoms with Gasteiger partial charge in [0.05, 0.1) is 26.2 Å². The SMILES string of the molecule is COc1cc(OC)cc(-c2oc3ncnc(N(C)CCO)c3c2-c2ccccc2)c1. The maximum Gasteiger partial charge on any atom is 0.232 e. The van der Waals surface area contributed by atoms with E-state index in [0.717, 1.165) is 22.1 Å². The zero-order valence-electron chi connectivity index (χ0n) is 17.1. The van der Waals surface area contributed by atoms with Crippen molar-refractivity contribution in [2.75, 3.05) is 39.3 Å². The van der Waals surface area contributed by atoms with E-state index in [0.29, 0.717) is 35.3 Å². The van der Waals surface area contributed by atoms with Crippen LogP contribution in [-0.2, 0) is 0 Å². The number of likely N-dealkylation sites (N-methyl/N-ethyl adjacent to an activating group) is 1. The third-order valence-corrected chi connectivity index (χ3v) is 4.94. The molecule has 0 aliphatic rings. The molecule has 0 radical (unpaired) electrons. The van der Waals surface area contributed by atoms with Crippen molar-refractivity contribution >= 4 is 16.9 Å². The summed E-state index contributed by atoms with van der Waals surface area (Å²) in [6, 6.07) is 15.6. The van der Waals surface area contributed by atoms with Crippen molar-refractivity contribution in [1.82, 2.24) is 9.97 Å². The Kier molecular flexibility index (Phi) is 5.54. The number of furan rings is 1. The molecule has 0 bridgehead atoms. The normalized spacial score (nSPS) is 10.9. The number of anilines is 1. The summed E-state index contributed by atoms with van der Waals surface area (Å²) < 4.78 is 17.1. The van der Waals surface area contributed by atoms with Crippen LogP contribution < -0.4 is 14.4 Å². The van der Waals surface area contributed by atoms with E-state index >= 15 is 0 Å². The summed E-state index contributed by atoms with van der Waals surface area (Å²) in [6.07, 6.45) is 1.47. The fourth-order valence-electron chi connectivity index (χ4n) is 3.49. The molecule has 0 unspecified atom stereocenters. The molecule has 4 aromatic rings. The van der Waals surface area contributed by atoms with E-state index in [1.54, 1.807) is 14.2 Å². The van der Waals surface area contributed by atoms with Gasteiger partial charge in [-0.3, -0.25) is 0 Å². The molecule has 0 fully saturated rings. The smallest absolute Gasteiger partial charge is 0.232 e. The number of fused-ring (bicyclic) bond motifs is 1. The second-order valence-electron chi connectivity index (χ2n) is 6.80. The third-order valence-electron chi connectivity index (χ3n) is 4.94. The lowest BCUT2D eigenvalue weighted by atomic mass is 9.99. The van der Waals surface area contributed by atoms with Gasteiger partial charge in [-0.05, 0) is 17.7 Å². The summed E-state index contributed by atoms with van der Waals surface area (Å²) >= 11 is 0. The number of benzene rings is 2. The zero-order chi connectivity index (χ0) is 21.1. The van der Waals surface area contributed by atoms with Crippen molar-refractivity contribution in [2.45, 2.75) is 0 Å². The van der Waals surface area contributed by atoms with Gasteiger partial charge in [0.1, 0.15) is 29.4 Å². The first-order valence-corrected chi connectivity index (χ1v) is 9.54. The summed E-state index contributed by atoms with van der Waals surface area (Å²) in [5.41, 5.74) is 3.13. The highest BCUT2D eigenvalue weighted by molar-refractivity contribution is 6.06. The standard InChI is InChI=1S/C23H23N3O4/c1-26(9-10-27)22-20-19(15-7-5-4-6-8-15)21(30-23(20)25-14-24-22)16-11-17(28-2)13-18(12-16)29-3/h4-8,11-14,27H,9-10H2,1-3H3. The van der Waals surface area contributed by atoms with Gasteiger partial charge in [-0.2, -0.15) is 0 Å². The van der Waals surface area contributed by atoms with E-state index in [4.69, 9.17) is 13.9 Å². The summed E-state index contributed by atoms with van der Waals surface area (Å²) in [7, 11) is 5.11. The van der Waals surface area contributed by atoms with Crippen molar-refractivity contribution in [1.29, 1.82) is 0 Å². The number of aliphatic hydroxyl groups excluding tert-OH is 1. The molecule has 0 saturated heterocycles. The lowest BCUT2D eigenvalue weighted by Crippen LogP contribution is -2.22. The van der Waals surface area contributed by atoms with Crippen LogP contribution in [0.4, 0.5) is 5.82 Å². The van der Waals surface area contributed by atoms with Gasteiger partial charge in [0, 0.05) is 30.8 Å². The molecule has 0 aliphatic heterocycles. The average Bonchev–Trinajstić information content (AvgIpc) is 3.19. The van der Waals surface area contributed by atoms with Crippen LogP contribution in [0.25, 0.3) is 33.6 Å². The maximum absolute atomic E-state index is 9.42. The van der Waals surface area contributed by atoms with Crippen LogP contribution in [0, 0.1) is 0 Å². The van der Waals surface area contributed by atoms with Crippen LogP contribution in [0.1, 0.15) is 0 Å². The number of aromatic nitrogens is 2. The van der Waals surface area contributed by atoms with Crippen molar-refractivity contribution in [3.8, 4) is 33.9 Å². The molecular weight excluding hydrogens is 382 g/mol. The first-order valence-electron chi connectivity index (χ1n) is 9.54. The van der Waals surface area contributed by atoms with Gasteiger partial charge in [-0.25, -0.2) is 9.97 Å². The molecule has 0 saturated carbocycles. The highest BCUT2D eigenvalue weighted by atomic mass is 16.5. The van der Waals surface area contributed by atoms with Gasteiger partial charge in [0.25, 0.3) is 0 Å². The number of rotatable bonds is 7. The summed E-state index contributed by atoms with van der Waals surface area (Å²) in [5.74, 6) is 2.66. The lowest BCUT2D eigenvalue weighted by molar-refractivity contribution is 0.304. The lowest BCUT2D eigenvalue weighted by Gasteiger charge is -2.17. The summed E-state index contributed by atoms with van der Waals surface area (Å²) in [6.45, 7) is 0.453. The van der Waals surface area contributed by atoms with E-state index in [9.17, 15) is 5.11 Å². The first kappa shape index (κ1) is 19.7. The molecule has 4 rings (SSSR count). The van der Waals surface area contributed by atoms with Crippen LogP contribution in [-0.4, -0.2) is 49.5 Å². The molecule has 0 aliphatic carbocycles. The Hall–Kier alpha value is -3.58. The number of aliphatic hydroxyl groups is 1. The van der Waals surface area contributed by atoms with E-state index < -0.39 is 0 Å². The Balaban J connectivity index is 2.05. The summed E-state index contributed by atoms with van der Waals surface area (Å²) in [5, 5.41) is 10.2. The van der Waals surface area contributed by atoms with Crippen molar-refractivity contribution < 1.29 is 19.0 Å². The van der Waals surface area contributed by atoms with Crippen LogP contribution in [0.5, 0.6) is 11.5 Å². The molecule has 30 heavy (non-hydrogen) atoms. The van der Waals surface area contributed by atoms with Gasteiger partial charge in [-0.1, -0.05) is 30.3 Å². The highest BCUT2D eigenvalue weighted by Gasteiger charge is 2.24. The summed E-state index contributed by atoms with van der Waals surface area (Å²) in [4.78, 5) is 10.7. The molecule has 0 spiro atoms. The Bertz CT molecular complexity index is 1140. The molecule has 2 aromatic carbocycles. The predicted octanol–water partition coefficient (Wildman–Crippen LogP) is 4.00. The molecule has 7 nitrogen and oxygen atoms in total. The number of hydrogen-bond acceptors (Lipinski definition) is 7. The zero-order valence-corrected chi connectivity index (χ0v) is 17.1. The van der Waals surface area contributed by atoms with E-state index in [1.807, 2.05) is 60.5 Å². The van der Waals surface area contributed by atoms with Gasteiger partial charge >= 0.3 is 0 Å². The van der Waals surface area contributed by atoms with Crippen LogP contribution in [0.15, 0.2) is 59.3 Å².